The Morgan fingerprint density at radius 1 is 1.00 bits per heavy atom. The predicted molar refractivity (Wildman–Crippen MR) is 105 cm³/mol. The van der Waals surface area contributed by atoms with Crippen LogP contribution in [0.25, 0.3) is 0 Å². The van der Waals surface area contributed by atoms with E-state index >= 15 is 0 Å². The topological polar surface area (TPSA) is 61.8 Å². The van der Waals surface area contributed by atoms with E-state index in [1.807, 2.05) is 48.5 Å². The maximum absolute atomic E-state index is 8.55. The number of thiocarbonyl (C=S) groups is 1. The molecule has 0 aromatic heterocycles. The van der Waals surface area contributed by atoms with Gasteiger partial charge >= 0.3 is 0 Å². The summed E-state index contributed by atoms with van der Waals surface area (Å²) in [7, 11) is 0. The average Bonchev–Trinajstić information content (AvgIpc) is 2.66. The average molecular weight is 351 g/mol. The molecule has 0 saturated carbocycles. The molecule has 0 spiro atoms. The summed E-state index contributed by atoms with van der Waals surface area (Å²) in [5.41, 5.74) is 2.25. The maximum Gasteiger partial charge on any atom is 0.282 e. The molecule has 0 bridgehead atoms. The van der Waals surface area contributed by atoms with Crippen molar-refractivity contribution in [3.63, 3.8) is 0 Å². The van der Waals surface area contributed by atoms with Crippen molar-refractivity contribution < 1.29 is 4.99 Å². The zero-order valence-electron chi connectivity index (χ0n) is 14.2. The molecule has 5 heteroatoms. The number of nitrogens with zero attached hydrogens (tertiary/aromatic N) is 1. The SMILES string of the molecule is N#CCCCCNC(=S)NC(=[NH+]Cc1ccccc1)c1ccccc1. The first-order valence-corrected chi connectivity index (χ1v) is 8.82. The third kappa shape index (κ3) is 7.15. The third-order valence-corrected chi connectivity index (χ3v) is 3.86. The van der Waals surface area contributed by atoms with Gasteiger partial charge in [-0.3, -0.25) is 4.99 Å². The minimum atomic E-state index is 0.580. The van der Waals surface area contributed by atoms with E-state index in [-0.39, 0.29) is 0 Å². The van der Waals surface area contributed by atoms with E-state index in [9.17, 15) is 0 Å². The van der Waals surface area contributed by atoms with Gasteiger partial charge in [0.05, 0.1) is 11.6 Å². The lowest BCUT2D eigenvalue weighted by molar-refractivity contribution is -0.476. The van der Waals surface area contributed by atoms with Crippen LogP contribution in [-0.4, -0.2) is 17.5 Å². The minimum Gasteiger partial charge on any atom is -0.343 e. The molecule has 0 aliphatic carbocycles. The van der Waals surface area contributed by atoms with Crippen molar-refractivity contribution in [1.82, 2.24) is 10.6 Å². The van der Waals surface area contributed by atoms with Gasteiger partial charge in [-0.15, -0.1) is 0 Å². The Labute approximate surface area is 154 Å². The number of hydrogen-bond donors (Lipinski definition) is 3. The van der Waals surface area contributed by atoms with Gasteiger partial charge in [0, 0.05) is 13.0 Å². The summed E-state index contributed by atoms with van der Waals surface area (Å²) >= 11 is 5.39. The highest BCUT2D eigenvalue weighted by atomic mass is 32.1. The molecule has 2 aromatic rings. The Kier molecular flexibility index (Phi) is 8.16. The fraction of sp³-hybridized carbons (Fsp3) is 0.250. The highest BCUT2D eigenvalue weighted by Gasteiger charge is 2.12. The predicted octanol–water partition coefficient (Wildman–Crippen LogP) is 1.87. The molecule has 0 heterocycles. The minimum absolute atomic E-state index is 0.580. The second-order valence-corrected chi connectivity index (χ2v) is 5.98. The molecule has 4 nitrogen and oxygen atoms in total. The van der Waals surface area contributed by atoms with Crippen molar-refractivity contribution in [2.45, 2.75) is 25.8 Å². The van der Waals surface area contributed by atoms with Crippen molar-refractivity contribution in [3.8, 4) is 6.07 Å². The zero-order chi connectivity index (χ0) is 17.7. The number of nitrogens with one attached hydrogen (secondary N) is 3. The largest absolute Gasteiger partial charge is 0.343 e. The number of rotatable bonds is 7. The van der Waals surface area contributed by atoms with Gasteiger partial charge in [0.1, 0.15) is 6.54 Å². The van der Waals surface area contributed by atoms with Crippen LogP contribution >= 0.6 is 12.2 Å². The first-order valence-electron chi connectivity index (χ1n) is 8.41. The fourth-order valence-electron chi connectivity index (χ4n) is 2.30. The third-order valence-electron chi connectivity index (χ3n) is 3.61. The van der Waals surface area contributed by atoms with Crippen LogP contribution in [-0.2, 0) is 6.54 Å². The Morgan fingerprint density at radius 3 is 2.36 bits per heavy atom. The van der Waals surface area contributed by atoms with Crippen LogP contribution in [0.15, 0.2) is 60.7 Å². The number of benzene rings is 2. The van der Waals surface area contributed by atoms with Crippen LogP contribution in [0.5, 0.6) is 0 Å². The summed E-state index contributed by atoms with van der Waals surface area (Å²) in [5.74, 6) is 0.874. The Balaban J connectivity index is 1.98. The molecular weight excluding hydrogens is 328 g/mol. The van der Waals surface area contributed by atoms with Crippen LogP contribution in [0.4, 0.5) is 0 Å². The second-order valence-electron chi connectivity index (χ2n) is 5.58. The van der Waals surface area contributed by atoms with E-state index in [1.165, 1.54) is 5.56 Å². The smallest absolute Gasteiger partial charge is 0.282 e. The molecular formula is C20H23N4S+. The van der Waals surface area contributed by atoms with Crippen molar-refractivity contribution in [3.05, 3.63) is 71.8 Å². The standard InChI is InChI=1S/C20H22N4S/c21-14-8-3-9-15-22-20(25)24-19(18-12-6-2-7-13-18)23-16-17-10-4-1-5-11-17/h1-2,4-7,10-13H,3,8-9,15-16H2,(H2,22,23,24,25)/p+1. The van der Waals surface area contributed by atoms with Gasteiger partial charge in [-0.1, -0.05) is 48.5 Å². The molecule has 0 unspecified atom stereocenters. The quantitative estimate of drug-likeness (QED) is 0.308. The monoisotopic (exact) mass is 351 g/mol. The zero-order valence-corrected chi connectivity index (χ0v) is 15.0. The van der Waals surface area contributed by atoms with Crippen LogP contribution < -0.4 is 15.6 Å². The first-order chi connectivity index (χ1) is 12.3. The summed E-state index contributed by atoms with van der Waals surface area (Å²) in [4.78, 5) is 3.43. The van der Waals surface area contributed by atoms with E-state index < -0.39 is 0 Å². The van der Waals surface area contributed by atoms with Crippen LogP contribution in [0, 0.1) is 11.3 Å². The molecule has 0 fully saturated rings. The Hall–Kier alpha value is -2.71. The Bertz CT molecular complexity index is 720. The van der Waals surface area contributed by atoms with Crippen LogP contribution in [0.2, 0.25) is 0 Å². The highest BCUT2D eigenvalue weighted by molar-refractivity contribution is 7.80. The summed E-state index contributed by atoms with van der Waals surface area (Å²) in [6.45, 7) is 1.47. The maximum atomic E-state index is 8.55. The number of nitriles is 1. The van der Waals surface area contributed by atoms with Gasteiger partial charge in [-0.05, 0) is 42.8 Å². The number of hydrogen-bond acceptors (Lipinski definition) is 2. The lowest BCUT2D eigenvalue weighted by atomic mass is 10.2. The lowest BCUT2D eigenvalue weighted by Crippen LogP contribution is -2.75. The molecule has 3 N–H and O–H groups in total. The van der Waals surface area contributed by atoms with Crippen molar-refractivity contribution in [1.29, 1.82) is 5.26 Å². The van der Waals surface area contributed by atoms with E-state index in [2.05, 4.69) is 33.8 Å². The number of amidine groups is 1. The molecule has 0 aliphatic rings. The van der Waals surface area contributed by atoms with Crippen molar-refractivity contribution in [2.75, 3.05) is 6.54 Å². The molecule has 0 atom stereocenters. The summed E-state index contributed by atoms with van der Waals surface area (Å²) in [6, 6.07) is 22.4. The molecule has 0 radical (unpaired) electrons. The molecule has 0 saturated heterocycles. The molecule has 2 aromatic carbocycles. The van der Waals surface area contributed by atoms with Gasteiger partial charge in [-0.25, -0.2) is 5.32 Å². The van der Waals surface area contributed by atoms with E-state index in [0.29, 0.717) is 18.1 Å². The van der Waals surface area contributed by atoms with Gasteiger partial charge < -0.3 is 5.32 Å². The normalized spacial score (nSPS) is 10.8. The van der Waals surface area contributed by atoms with Gasteiger partial charge in [-0.2, -0.15) is 5.26 Å². The lowest BCUT2D eigenvalue weighted by Gasteiger charge is -2.07. The summed E-state index contributed by atoms with van der Waals surface area (Å²) in [5, 5.41) is 15.6. The van der Waals surface area contributed by atoms with E-state index in [4.69, 9.17) is 17.5 Å². The fourth-order valence-corrected chi connectivity index (χ4v) is 2.50. The molecule has 0 aliphatic heterocycles. The summed E-state index contributed by atoms with van der Waals surface area (Å²) in [6.07, 6.45) is 2.39. The highest BCUT2D eigenvalue weighted by Crippen LogP contribution is 1.98. The molecule has 128 valence electrons. The van der Waals surface area contributed by atoms with Gasteiger partial charge in [0.25, 0.3) is 10.9 Å². The van der Waals surface area contributed by atoms with Crippen molar-refractivity contribution in [2.24, 2.45) is 0 Å². The van der Waals surface area contributed by atoms with E-state index in [0.717, 1.165) is 30.8 Å². The molecule has 2 rings (SSSR count). The van der Waals surface area contributed by atoms with Crippen LogP contribution in [0.1, 0.15) is 30.4 Å². The van der Waals surface area contributed by atoms with Crippen LogP contribution in [0.3, 0.4) is 0 Å². The molecule has 0 amide bonds. The first kappa shape index (κ1) is 18.6. The van der Waals surface area contributed by atoms with Gasteiger partial charge in [0.2, 0.25) is 0 Å². The van der Waals surface area contributed by atoms with Gasteiger partial charge in [0.15, 0.2) is 0 Å². The molecule has 25 heavy (non-hydrogen) atoms. The number of unbranched alkanes of at least 4 members (excludes halogenated alkanes) is 2. The van der Waals surface area contributed by atoms with E-state index in [1.54, 1.807) is 0 Å². The summed E-state index contributed by atoms with van der Waals surface area (Å²) < 4.78 is 0. The Morgan fingerprint density at radius 2 is 1.68 bits per heavy atom. The van der Waals surface area contributed by atoms with Crippen molar-refractivity contribution >= 4 is 23.2 Å². The second kappa shape index (κ2) is 11.0.